The zero-order chi connectivity index (χ0) is 15.4. The highest BCUT2D eigenvalue weighted by Gasteiger charge is 2.12. The highest BCUT2D eigenvalue weighted by atomic mass is 35.5. The Bertz CT molecular complexity index is 665. The van der Waals surface area contributed by atoms with Crippen LogP contribution in [0, 0.1) is 0 Å². The number of rotatable bonds is 4. The van der Waals surface area contributed by atoms with Crippen LogP contribution in [0.15, 0.2) is 42.5 Å². The normalized spacial score (nSPS) is 10.5. The van der Waals surface area contributed by atoms with Crippen LogP contribution in [-0.4, -0.2) is 12.5 Å². The minimum atomic E-state index is -2.93. The van der Waals surface area contributed by atoms with E-state index >= 15 is 0 Å². The molecule has 2 aromatic rings. The van der Waals surface area contributed by atoms with Crippen LogP contribution < -0.4 is 10.1 Å². The van der Waals surface area contributed by atoms with E-state index in [1.54, 1.807) is 6.07 Å². The SMILES string of the molecule is O=C(Nc1cccc(OC(F)F)c1)c1ccc(Cl)cc1Cl. The maximum atomic E-state index is 12.1. The van der Waals surface area contributed by atoms with Crippen molar-refractivity contribution in [1.29, 1.82) is 0 Å². The Labute approximate surface area is 129 Å². The molecule has 110 valence electrons. The van der Waals surface area contributed by atoms with E-state index in [0.717, 1.165) is 0 Å². The number of benzene rings is 2. The minimum absolute atomic E-state index is 0.0509. The number of halogens is 4. The molecule has 2 aromatic carbocycles. The highest BCUT2D eigenvalue weighted by molar-refractivity contribution is 6.37. The predicted octanol–water partition coefficient (Wildman–Crippen LogP) is 4.85. The second-order valence-electron chi connectivity index (χ2n) is 3.98. The molecule has 21 heavy (non-hydrogen) atoms. The minimum Gasteiger partial charge on any atom is -0.435 e. The van der Waals surface area contributed by atoms with Crippen LogP contribution in [0.25, 0.3) is 0 Å². The molecule has 1 N–H and O–H groups in total. The molecule has 7 heteroatoms. The Kier molecular flexibility index (Phi) is 4.98. The number of hydrogen-bond donors (Lipinski definition) is 1. The molecule has 1 amide bonds. The monoisotopic (exact) mass is 331 g/mol. The van der Waals surface area contributed by atoms with Gasteiger partial charge in [-0.2, -0.15) is 8.78 Å². The van der Waals surface area contributed by atoms with Crippen LogP contribution in [0.1, 0.15) is 10.4 Å². The van der Waals surface area contributed by atoms with Crippen molar-refractivity contribution < 1.29 is 18.3 Å². The fourth-order valence-electron chi connectivity index (χ4n) is 1.62. The van der Waals surface area contributed by atoms with Crippen LogP contribution in [0.3, 0.4) is 0 Å². The lowest BCUT2D eigenvalue weighted by Gasteiger charge is -2.09. The summed E-state index contributed by atoms with van der Waals surface area (Å²) >= 11 is 11.7. The van der Waals surface area contributed by atoms with Crippen molar-refractivity contribution in [1.82, 2.24) is 0 Å². The van der Waals surface area contributed by atoms with Gasteiger partial charge in [0.15, 0.2) is 0 Å². The molecule has 0 bridgehead atoms. The standard InChI is InChI=1S/C14H9Cl2F2NO2/c15-8-4-5-11(12(16)6-8)13(20)19-9-2-1-3-10(7-9)21-14(17)18/h1-7,14H,(H,19,20). The van der Waals surface area contributed by atoms with Gasteiger partial charge in [-0.3, -0.25) is 4.79 Å². The number of anilines is 1. The number of amides is 1. The summed E-state index contributed by atoms with van der Waals surface area (Å²) in [5.41, 5.74) is 0.533. The lowest BCUT2D eigenvalue weighted by atomic mass is 10.2. The average molecular weight is 332 g/mol. The Hall–Kier alpha value is -1.85. The van der Waals surface area contributed by atoms with Crippen LogP contribution in [0.2, 0.25) is 10.0 Å². The number of alkyl halides is 2. The molecule has 0 fully saturated rings. The first-order valence-electron chi connectivity index (χ1n) is 5.77. The van der Waals surface area contributed by atoms with Crippen molar-refractivity contribution in [3.8, 4) is 5.75 Å². The molecule has 0 saturated carbocycles. The number of carbonyl (C=O) groups is 1. The van der Waals surface area contributed by atoms with Gasteiger partial charge in [0.1, 0.15) is 5.75 Å². The molecule has 2 rings (SSSR count). The van der Waals surface area contributed by atoms with Gasteiger partial charge in [0.25, 0.3) is 5.91 Å². The van der Waals surface area contributed by atoms with E-state index < -0.39 is 12.5 Å². The maximum Gasteiger partial charge on any atom is 0.387 e. The van der Waals surface area contributed by atoms with Gasteiger partial charge in [-0.1, -0.05) is 29.3 Å². The third kappa shape index (κ3) is 4.31. The lowest BCUT2D eigenvalue weighted by Crippen LogP contribution is -2.12. The van der Waals surface area contributed by atoms with E-state index in [-0.39, 0.29) is 16.3 Å². The largest absolute Gasteiger partial charge is 0.435 e. The first-order valence-corrected chi connectivity index (χ1v) is 6.52. The van der Waals surface area contributed by atoms with Crippen molar-refractivity contribution in [2.24, 2.45) is 0 Å². The van der Waals surface area contributed by atoms with Gasteiger partial charge in [-0.05, 0) is 30.3 Å². The zero-order valence-electron chi connectivity index (χ0n) is 10.4. The van der Waals surface area contributed by atoms with E-state index in [1.165, 1.54) is 36.4 Å². The van der Waals surface area contributed by atoms with E-state index in [1.807, 2.05) is 0 Å². The van der Waals surface area contributed by atoms with Crippen molar-refractivity contribution in [2.75, 3.05) is 5.32 Å². The van der Waals surface area contributed by atoms with Gasteiger partial charge in [-0.15, -0.1) is 0 Å². The van der Waals surface area contributed by atoms with E-state index in [2.05, 4.69) is 10.1 Å². The number of hydrogen-bond acceptors (Lipinski definition) is 2. The Morgan fingerprint density at radius 1 is 1.14 bits per heavy atom. The van der Waals surface area contributed by atoms with Crippen molar-refractivity contribution >= 4 is 34.8 Å². The van der Waals surface area contributed by atoms with Gasteiger partial charge < -0.3 is 10.1 Å². The summed E-state index contributed by atoms with van der Waals surface area (Å²) in [5.74, 6) is -0.532. The second kappa shape index (κ2) is 6.74. The molecule has 0 saturated heterocycles. The van der Waals surface area contributed by atoms with E-state index in [4.69, 9.17) is 23.2 Å². The molecular formula is C14H9Cl2F2NO2. The Balaban J connectivity index is 2.15. The molecule has 0 aliphatic heterocycles. The summed E-state index contributed by atoms with van der Waals surface area (Å²) in [5, 5.41) is 3.14. The molecule has 0 spiro atoms. The summed E-state index contributed by atoms with van der Waals surface area (Å²) < 4.78 is 28.5. The topological polar surface area (TPSA) is 38.3 Å². The molecule has 0 heterocycles. The van der Waals surface area contributed by atoms with E-state index in [0.29, 0.717) is 10.7 Å². The molecule has 0 unspecified atom stereocenters. The van der Waals surface area contributed by atoms with Gasteiger partial charge in [0.05, 0.1) is 10.6 Å². The van der Waals surface area contributed by atoms with Gasteiger partial charge >= 0.3 is 6.61 Å². The average Bonchev–Trinajstić information content (AvgIpc) is 2.37. The lowest BCUT2D eigenvalue weighted by molar-refractivity contribution is -0.0497. The first-order chi connectivity index (χ1) is 9.95. The van der Waals surface area contributed by atoms with E-state index in [9.17, 15) is 13.6 Å². The molecule has 0 atom stereocenters. The quantitative estimate of drug-likeness (QED) is 0.869. The van der Waals surface area contributed by atoms with Crippen LogP contribution in [-0.2, 0) is 0 Å². The smallest absolute Gasteiger partial charge is 0.387 e. The summed E-state index contributed by atoms with van der Waals surface area (Å²) in [7, 11) is 0. The number of nitrogens with one attached hydrogen (secondary N) is 1. The molecule has 3 nitrogen and oxygen atoms in total. The molecule has 0 aliphatic carbocycles. The Morgan fingerprint density at radius 3 is 2.57 bits per heavy atom. The van der Waals surface area contributed by atoms with Crippen LogP contribution in [0.5, 0.6) is 5.75 Å². The van der Waals surface area contributed by atoms with Crippen molar-refractivity contribution in [3.05, 3.63) is 58.1 Å². The second-order valence-corrected chi connectivity index (χ2v) is 4.83. The van der Waals surface area contributed by atoms with Crippen LogP contribution in [0.4, 0.5) is 14.5 Å². The molecule has 0 aliphatic rings. The molecular weight excluding hydrogens is 323 g/mol. The summed E-state index contributed by atoms with van der Waals surface area (Å²) in [6.07, 6.45) is 0. The molecule has 0 aromatic heterocycles. The summed E-state index contributed by atoms with van der Waals surface area (Å²) in [6, 6.07) is 10.1. The van der Waals surface area contributed by atoms with Gasteiger partial charge in [-0.25, -0.2) is 0 Å². The van der Waals surface area contributed by atoms with Crippen molar-refractivity contribution in [2.45, 2.75) is 6.61 Å². The van der Waals surface area contributed by atoms with Gasteiger partial charge in [0.2, 0.25) is 0 Å². The predicted molar refractivity (Wildman–Crippen MR) is 77.5 cm³/mol. The third-order valence-electron chi connectivity index (χ3n) is 2.49. The highest BCUT2D eigenvalue weighted by Crippen LogP contribution is 2.23. The Morgan fingerprint density at radius 2 is 1.90 bits per heavy atom. The first kappa shape index (κ1) is 15.5. The zero-order valence-corrected chi connectivity index (χ0v) is 12.0. The van der Waals surface area contributed by atoms with Gasteiger partial charge in [0, 0.05) is 16.8 Å². The molecule has 0 radical (unpaired) electrons. The van der Waals surface area contributed by atoms with Crippen LogP contribution >= 0.6 is 23.2 Å². The fraction of sp³-hybridized carbons (Fsp3) is 0.0714. The third-order valence-corrected chi connectivity index (χ3v) is 3.04. The van der Waals surface area contributed by atoms with Crippen molar-refractivity contribution in [3.63, 3.8) is 0 Å². The summed E-state index contributed by atoms with van der Waals surface area (Å²) in [6.45, 7) is -2.93. The number of carbonyl (C=O) groups excluding carboxylic acids is 1. The number of ether oxygens (including phenoxy) is 1. The summed E-state index contributed by atoms with van der Waals surface area (Å²) in [4.78, 5) is 12.1. The maximum absolute atomic E-state index is 12.1. The fourth-order valence-corrected chi connectivity index (χ4v) is 2.12.